The maximum absolute atomic E-state index is 12.4. The molecule has 0 radical (unpaired) electrons. The fraction of sp³-hybridized carbons (Fsp3) is 0.222. The zero-order valence-electron chi connectivity index (χ0n) is 14.1. The van der Waals surface area contributed by atoms with Crippen molar-refractivity contribution in [3.63, 3.8) is 0 Å². The lowest BCUT2D eigenvalue weighted by atomic mass is 10.2. The Morgan fingerprint density at radius 1 is 1.20 bits per heavy atom. The molecule has 0 unspecified atom stereocenters. The highest BCUT2D eigenvalue weighted by Crippen LogP contribution is 2.27. The quantitative estimate of drug-likeness (QED) is 0.694. The molecule has 25 heavy (non-hydrogen) atoms. The summed E-state index contributed by atoms with van der Waals surface area (Å²) >= 11 is 12.5. The van der Waals surface area contributed by atoms with Crippen molar-refractivity contribution in [2.24, 2.45) is 0 Å². The first-order chi connectivity index (χ1) is 11.9. The molecule has 0 atom stereocenters. The van der Waals surface area contributed by atoms with Gasteiger partial charge < -0.3 is 9.73 Å². The molecule has 0 saturated heterocycles. The van der Waals surface area contributed by atoms with E-state index in [4.69, 9.17) is 27.6 Å². The number of anilines is 1. The zero-order chi connectivity index (χ0) is 18.1. The van der Waals surface area contributed by atoms with Gasteiger partial charge in [-0.1, -0.05) is 29.3 Å². The Morgan fingerprint density at radius 3 is 2.48 bits per heavy atom. The van der Waals surface area contributed by atoms with Crippen molar-refractivity contribution in [1.82, 2.24) is 9.78 Å². The predicted molar refractivity (Wildman–Crippen MR) is 98.7 cm³/mol. The van der Waals surface area contributed by atoms with E-state index in [9.17, 15) is 4.79 Å². The molecular weight excluding hydrogens is 361 g/mol. The van der Waals surface area contributed by atoms with Crippen LogP contribution in [0.15, 0.2) is 34.9 Å². The molecular formula is C18H17Cl2N3O2. The Morgan fingerprint density at radius 2 is 1.88 bits per heavy atom. The molecule has 0 aliphatic rings. The first-order valence-corrected chi connectivity index (χ1v) is 8.46. The third-order valence-electron chi connectivity index (χ3n) is 4.09. The second-order valence-electron chi connectivity index (χ2n) is 5.75. The number of hydrogen-bond donors (Lipinski definition) is 1. The van der Waals surface area contributed by atoms with Gasteiger partial charge in [0, 0.05) is 15.6 Å². The lowest BCUT2D eigenvalue weighted by molar-refractivity contribution is 0.102. The SMILES string of the molecule is Cc1nn(Cc2c(Cl)cccc2Cl)c(C)c1NC(=O)c1ccoc1C. The molecule has 1 amide bonds. The van der Waals surface area contributed by atoms with Crippen molar-refractivity contribution in [3.8, 4) is 0 Å². The molecule has 0 spiro atoms. The van der Waals surface area contributed by atoms with Gasteiger partial charge in [-0.25, -0.2) is 0 Å². The fourth-order valence-corrected chi connectivity index (χ4v) is 3.18. The van der Waals surface area contributed by atoms with Crippen molar-refractivity contribution >= 4 is 34.8 Å². The summed E-state index contributed by atoms with van der Waals surface area (Å²) in [5.41, 5.74) is 3.51. The van der Waals surface area contributed by atoms with Crippen LogP contribution in [0.3, 0.4) is 0 Å². The summed E-state index contributed by atoms with van der Waals surface area (Å²) in [6.07, 6.45) is 1.49. The first-order valence-electron chi connectivity index (χ1n) is 7.70. The third-order valence-corrected chi connectivity index (χ3v) is 4.80. The summed E-state index contributed by atoms with van der Waals surface area (Å²) in [5, 5.41) is 8.58. The van der Waals surface area contributed by atoms with Crippen LogP contribution < -0.4 is 5.32 Å². The lowest BCUT2D eigenvalue weighted by Gasteiger charge is -2.09. The van der Waals surface area contributed by atoms with E-state index in [0.717, 1.165) is 17.0 Å². The third kappa shape index (κ3) is 3.43. The van der Waals surface area contributed by atoms with Crippen LogP contribution in [-0.2, 0) is 6.54 Å². The van der Waals surface area contributed by atoms with Crippen molar-refractivity contribution in [1.29, 1.82) is 0 Å². The first kappa shape index (κ1) is 17.6. The van der Waals surface area contributed by atoms with E-state index < -0.39 is 0 Å². The molecule has 3 aromatic rings. The molecule has 5 nitrogen and oxygen atoms in total. The summed E-state index contributed by atoms with van der Waals surface area (Å²) in [5.74, 6) is 0.343. The molecule has 0 aliphatic heterocycles. The molecule has 0 fully saturated rings. The minimum absolute atomic E-state index is 0.229. The number of halogens is 2. The van der Waals surface area contributed by atoms with Crippen LogP contribution in [0.25, 0.3) is 0 Å². The van der Waals surface area contributed by atoms with Crippen molar-refractivity contribution < 1.29 is 9.21 Å². The summed E-state index contributed by atoms with van der Waals surface area (Å²) in [4.78, 5) is 12.4. The number of rotatable bonds is 4. The number of aromatic nitrogens is 2. The maximum atomic E-state index is 12.4. The Bertz CT molecular complexity index is 924. The highest BCUT2D eigenvalue weighted by atomic mass is 35.5. The van der Waals surface area contributed by atoms with Crippen LogP contribution in [0.4, 0.5) is 5.69 Å². The molecule has 3 rings (SSSR count). The van der Waals surface area contributed by atoms with Crippen LogP contribution in [-0.4, -0.2) is 15.7 Å². The predicted octanol–water partition coefficient (Wildman–Crippen LogP) is 5.01. The number of carbonyl (C=O) groups is 1. The van der Waals surface area contributed by atoms with Crippen molar-refractivity contribution in [2.45, 2.75) is 27.3 Å². The monoisotopic (exact) mass is 377 g/mol. The Balaban J connectivity index is 1.89. The smallest absolute Gasteiger partial charge is 0.259 e. The Hall–Kier alpha value is -2.24. The van der Waals surface area contributed by atoms with Gasteiger partial charge >= 0.3 is 0 Å². The van der Waals surface area contributed by atoms with Crippen LogP contribution in [0.1, 0.15) is 33.1 Å². The molecule has 7 heteroatoms. The topological polar surface area (TPSA) is 60.1 Å². The number of hydrogen-bond acceptors (Lipinski definition) is 3. The summed E-state index contributed by atoms with van der Waals surface area (Å²) in [7, 11) is 0. The summed E-state index contributed by atoms with van der Waals surface area (Å²) < 4.78 is 6.96. The average Bonchev–Trinajstić information content (AvgIpc) is 3.09. The standard InChI is InChI=1S/C18H17Cl2N3O2/c1-10-17(21-18(24)13-7-8-25-12(13)3)11(2)23(22-10)9-14-15(19)5-4-6-16(14)20/h4-8H,9H2,1-3H3,(H,21,24). The van der Waals surface area contributed by atoms with E-state index in [2.05, 4.69) is 10.4 Å². The van der Waals surface area contributed by atoms with E-state index in [1.165, 1.54) is 6.26 Å². The number of nitrogens with one attached hydrogen (secondary N) is 1. The van der Waals surface area contributed by atoms with Gasteiger partial charge in [0.05, 0.1) is 35.4 Å². The van der Waals surface area contributed by atoms with Crippen LogP contribution in [0, 0.1) is 20.8 Å². The van der Waals surface area contributed by atoms with Gasteiger partial charge in [0.15, 0.2) is 0 Å². The molecule has 130 valence electrons. The van der Waals surface area contributed by atoms with Crippen LogP contribution in [0.5, 0.6) is 0 Å². The van der Waals surface area contributed by atoms with Crippen LogP contribution >= 0.6 is 23.2 Å². The van der Waals surface area contributed by atoms with Gasteiger partial charge in [0.25, 0.3) is 5.91 Å². The van der Waals surface area contributed by atoms with Crippen molar-refractivity contribution in [3.05, 3.63) is 68.8 Å². The fourth-order valence-electron chi connectivity index (χ4n) is 2.67. The minimum Gasteiger partial charge on any atom is -0.469 e. The molecule has 1 N–H and O–H groups in total. The molecule has 2 aromatic heterocycles. The number of nitrogens with zero attached hydrogens (tertiary/aromatic N) is 2. The van der Waals surface area contributed by atoms with Crippen LogP contribution in [0.2, 0.25) is 10.0 Å². The number of benzene rings is 1. The highest BCUT2D eigenvalue weighted by molar-refractivity contribution is 6.35. The van der Waals surface area contributed by atoms with E-state index in [-0.39, 0.29) is 5.91 Å². The van der Waals surface area contributed by atoms with Gasteiger partial charge in [-0.3, -0.25) is 9.48 Å². The van der Waals surface area contributed by atoms with Gasteiger partial charge in [-0.15, -0.1) is 0 Å². The summed E-state index contributed by atoms with van der Waals surface area (Å²) in [6, 6.07) is 7.02. The Labute approximate surface area is 155 Å². The molecule has 0 aliphatic carbocycles. The zero-order valence-corrected chi connectivity index (χ0v) is 15.6. The molecule has 0 bridgehead atoms. The van der Waals surface area contributed by atoms with E-state index in [1.807, 2.05) is 13.8 Å². The second-order valence-corrected chi connectivity index (χ2v) is 6.56. The maximum Gasteiger partial charge on any atom is 0.259 e. The second kappa shape index (κ2) is 6.94. The summed E-state index contributed by atoms with van der Waals surface area (Å²) in [6.45, 7) is 5.90. The van der Waals surface area contributed by atoms with Gasteiger partial charge in [-0.05, 0) is 39.0 Å². The van der Waals surface area contributed by atoms with E-state index in [1.54, 1.807) is 35.9 Å². The normalized spacial score (nSPS) is 10.9. The number of carbonyl (C=O) groups excluding carboxylic acids is 1. The average molecular weight is 378 g/mol. The number of amides is 1. The molecule has 1 aromatic carbocycles. The highest BCUT2D eigenvalue weighted by Gasteiger charge is 2.18. The number of aryl methyl sites for hydroxylation is 2. The number of furan rings is 1. The van der Waals surface area contributed by atoms with E-state index in [0.29, 0.717) is 33.6 Å². The largest absolute Gasteiger partial charge is 0.469 e. The van der Waals surface area contributed by atoms with Gasteiger partial charge in [-0.2, -0.15) is 5.10 Å². The van der Waals surface area contributed by atoms with Gasteiger partial charge in [0.1, 0.15) is 5.76 Å². The van der Waals surface area contributed by atoms with Gasteiger partial charge in [0.2, 0.25) is 0 Å². The lowest BCUT2D eigenvalue weighted by Crippen LogP contribution is -2.13. The molecule has 2 heterocycles. The Kier molecular flexibility index (Phi) is 4.88. The minimum atomic E-state index is -0.229. The molecule has 0 saturated carbocycles. The van der Waals surface area contributed by atoms with Crippen molar-refractivity contribution in [2.75, 3.05) is 5.32 Å². The van der Waals surface area contributed by atoms with E-state index >= 15 is 0 Å².